The van der Waals surface area contributed by atoms with E-state index in [1.165, 1.54) is 12.1 Å². The van der Waals surface area contributed by atoms with Crippen LogP contribution in [0.4, 0.5) is 9.18 Å². The minimum Gasteiger partial charge on any atom is -0.444 e. The van der Waals surface area contributed by atoms with Crippen LogP contribution < -0.4 is 5.32 Å². The minimum absolute atomic E-state index is 0.0951. The summed E-state index contributed by atoms with van der Waals surface area (Å²) in [6.07, 6.45) is -0.0257. The largest absolute Gasteiger partial charge is 0.444 e. The fourth-order valence-corrected chi connectivity index (χ4v) is 3.69. The van der Waals surface area contributed by atoms with Gasteiger partial charge in [0.2, 0.25) is 5.91 Å². The van der Waals surface area contributed by atoms with Crippen LogP contribution in [0.15, 0.2) is 24.3 Å². The van der Waals surface area contributed by atoms with Gasteiger partial charge >= 0.3 is 6.09 Å². The molecule has 1 N–H and O–H groups in total. The lowest BCUT2D eigenvalue weighted by molar-refractivity contribution is -0.135. The van der Waals surface area contributed by atoms with Gasteiger partial charge in [-0.15, -0.1) is 0 Å². The summed E-state index contributed by atoms with van der Waals surface area (Å²) in [5.41, 5.74) is 0.149. The van der Waals surface area contributed by atoms with Gasteiger partial charge in [0.1, 0.15) is 30.4 Å². The van der Waals surface area contributed by atoms with Crippen molar-refractivity contribution in [1.29, 1.82) is 0 Å². The Morgan fingerprint density at radius 2 is 1.93 bits per heavy atom. The number of nitrogens with zero attached hydrogens (tertiary/aromatic N) is 1. The van der Waals surface area contributed by atoms with Crippen molar-refractivity contribution in [2.24, 2.45) is 0 Å². The van der Waals surface area contributed by atoms with E-state index in [1.807, 2.05) is 6.92 Å². The van der Waals surface area contributed by atoms with Gasteiger partial charge in [0.15, 0.2) is 0 Å². The third kappa shape index (κ3) is 6.01. The highest BCUT2D eigenvalue weighted by Gasteiger charge is 2.44. The monoisotopic (exact) mass is 422 g/mol. The molecule has 0 radical (unpaired) electrons. The van der Waals surface area contributed by atoms with Gasteiger partial charge < -0.3 is 24.5 Å². The Morgan fingerprint density at radius 1 is 1.30 bits per heavy atom. The van der Waals surface area contributed by atoms with E-state index in [0.29, 0.717) is 19.3 Å². The maximum atomic E-state index is 13.4. The van der Waals surface area contributed by atoms with E-state index in [4.69, 9.17) is 9.47 Å². The summed E-state index contributed by atoms with van der Waals surface area (Å²) < 4.78 is 24.4. The molecule has 1 aliphatic heterocycles. The van der Waals surface area contributed by atoms with Crippen LogP contribution in [0.3, 0.4) is 0 Å². The van der Waals surface area contributed by atoms with E-state index in [1.54, 1.807) is 44.7 Å². The zero-order chi connectivity index (χ0) is 22.5. The lowest BCUT2D eigenvalue weighted by Crippen LogP contribution is -2.51. The highest BCUT2D eigenvalue weighted by atomic mass is 19.1. The molecule has 1 fully saturated rings. The quantitative estimate of drug-likeness (QED) is 0.683. The molecule has 7 nitrogen and oxygen atoms in total. The van der Waals surface area contributed by atoms with Gasteiger partial charge in [0.05, 0.1) is 12.1 Å². The molecule has 0 bridgehead atoms. The highest BCUT2D eigenvalue weighted by molar-refractivity contribution is 5.86. The predicted octanol–water partition coefficient (Wildman–Crippen LogP) is 3.03. The second kappa shape index (κ2) is 10.0. The first-order valence-corrected chi connectivity index (χ1v) is 10.2. The molecule has 30 heavy (non-hydrogen) atoms. The molecule has 0 spiro atoms. The van der Waals surface area contributed by atoms with E-state index in [-0.39, 0.29) is 30.3 Å². The fourth-order valence-electron chi connectivity index (χ4n) is 3.69. The number of nitrogens with one attached hydrogen (secondary N) is 1. The average molecular weight is 422 g/mol. The van der Waals surface area contributed by atoms with Crippen molar-refractivity contribution in [3.63, 3.8) is 0 Å². The lowest BCUT2D eigenvalue weighted by Gasteiger charge is -2.29. The van der Waals surface area contributed by atoms with Crippen molar-refractivity contribution >= 4 is 18.3 Å². The molecule has 8 heteroatoms. The molecule has 0 aromatic heterocycles. The summed E-state index contributed by atoms with van der Waals surface area (Å²) in [5, 5.41) is 2.64. The Bertz CT molecular complexity index is 747. The van der Waals surface area contributed by atoms with Crippen LogP contribution in [0.5, 0.6) is 0 Å². The van der Waals surface area contributed by atoms with E-state index in [2.05, 4.69) is 5.32 Å². The van der Waals surface area contributed by atoms with Crippen LogP contribution in [-0.4, -0.2) is 60.1 Å². The summed E-state index contributed by atoms with van der Waals surface area (Å²) in [7, 11) is 0. The molecule has 0 aliphatic carbocycles. The first-order chi connectivity index (χ1) is 14.1. The second-order valence-electron chi connectivity index (χ2n) is 8.46. The number of halogens is 1. The Balaban J connectivity index is 2.19. The van der Waals surface area contributed by atoms with E-state index in [0.717, 1.165) is 5.56 Å². The van der Waals surface area contributed by atoms with Crippen LogP contribution >= 0.6 is 0 Å². The molecule has 1 saturated heterocycles. The molecular formula is C22H31FN2O5. The number of hydrogen-bond acceptors (Lipinski definition) is 5. The minimum atomic E-state index is -0.749. The van der Waals surface area contributed by atoms with Crippen molar-refractivity contribution in [2.45, 2.75) is 70.7 Å². The summed E-state index contributed by atoms with van der Waals surface area (Å²) in [5.74, 6) is -0.820. The third-order valence-corrected chi connectivity index (χ3v) is 5.09. The molecule has 2 amide bonds. The van der Waals surface area contributed by atoms with E-state index >= 15 is 0 Å². The zero-order valence-corrected chi connectivity index (χ0v) is 18.2. The number of hydrogen-bond donors (Lipinski definition) is 1. The van der Waals surface area contributed by atoms with Crippen LogP contribution in [0, 0.1) is 5.82 Å². The second-order valence-corrected chi connectivity index (χ2v) is 8.46. The Kier molecular flexibility index (Phi) is 7.95. The van der Waals surface area contributed by atoms with Crippen LogP contribution in [0.2, 0.25) is 0 Å². The van der Waals surface area contributed by atoms with Crippen molar-refractivity contribution < 1.29 is 28.2 Å². The van der Waals surface area contributed by atoms with Gasteiger partial charge in [-0.05, 0) is 51.8 Å². The summed E-state index contributed by atoms with van der Waals surface area (Å²) in [6, 6.07) is 4.96. The lowest BCUT2D eigenvalue weighted by atomic mass is 9.94. The Hall–Kier alpha value is -2.48. The zero-order valence-electron chi connectivity index (χ0n) is 18.2. The van der Waals surface area contributed by atoms with Gasteiger partial charge in [-0.1, -0.05) is 19.1 Å². The van der Waals surface area contributed by atoms with Crippen molar-refractivity contribution in [2.75, 3.05) is 13.2 Å². The molecule has 4 atom stereocenters. The van der Waals surface area contributed by atoms with E-state index < -0.39 is 23.8 Å². The standard InChI is InChI=1S/C22H31FN2O5/c1-6-18(24-21(28)30-22(3,4)5)20(27)25-13-17(15-7-9-16(23)10-8-15)19(14(25)2)29-12-11-26/h7-11,14,17-19H,6,12-13H2,1-5H3,(H,24,28)/t14?,17-,18?,19?/m1/s1. The number of alkyl carbamates (subject to hydrolysis) is 1. The van der Waals surface area contributed by atoms with Gasteiger partial charge in [-0.2, -0.15) is 0 Å². The van der Waals surface area contributed by atoms with Crippen LogP contribution in [-0.2, 0) is 19.1 Å². The number of ether oxygens (including phenoxy) is 2. The molecular weight excluding hydrogens is 391 g/mol. The van der Waals surface area contributed by atoms with Gasteiger partial charge in [0.25, 0.3) is 0 Å². The van der Waals surface area contributed by atoms with Crippen molar-refractivity contribution in [3.8, 4) is 0 Å². The number of aldehydes is 1. The Labute approximate surface area is 176 Å². The van der Waals surface area contributed by atoms with Crippen molar-refractivity contribution in [1.82, 2.24) is 10.2 Å². The number of amides is 2. The predicted molar refractivity (Wildman–Crippen MR) is 110 cm³/mol. The summed E-state index contributed by atoms with van der Waals surface area (Å²) in [4.78, 5) is 37.9. The molecule has 2 rings (SSSR count). The van der Waals surface area contributed by atoms with E-state index in [9.17, 15) is 18.8 Å². The third-order valence-electron chi connectivity index (χ3n) is 5.09. The SMILES string of the molecule is CCC(NC(=O)OC(C)(C)C)C(=O)N1C[C@H](c2ccc(F)cc2)C(OCC=O)C1C. The fraction of sp³-hybridized carbons (Fsp3) is 0.591. The molecule has 1 aromatic carbocycles. The molecule has 3 unspecified atom stereocenters. The maximum Gasteiger partial charge on any atom is 0.408 e. The van der Waals surface area contributed by atoms with Gasteiger partial charge in [0, 0.05) is 12.5 Å². The maximum absolute atomic E-state index is 13.4. The molecule has 1 aromatic rings. The number of rotatable bonds is 7. The molecule has 1 heterocycles. The van der Waals surface area contributed by atoms with Gasteiger partial charge in [-0.3, -0.25) is 4.79 Å². The molecule has 0 saturated carbocycles. The first kappa shape index (κ1) is 23.8. The molecule has 166 valence electrons. The van der Waals surface area contributed by atoms with Crippen LogP contribution in [0.25, 0.3) is 0 Å². The first-order valence-electron chi connectivity index (χ1n) is 10.2. The smallest absolute Gasteiger partial charge is 0.408 e. The summed E-state index contributed by atoms with van der Waals surface area (Å²) in [6.45, 7) is 9.14. The molecule has 1 aliphatic rings. The number of likely N-dealkylation sites (tertiary alicyclic amines) is 1. The topological polar surface area (TPSA) is 84.9 Å². The number of carbonyl (C=O) groups is 3. The Morgan fingerprint density at radius 3 is 2.47 bits per heavy atom. The number of carbonyl (C=O) groups excluding carboxylic acids is 3. The summed E-state index contributed by atoms with van der Waals surface area (Å²) >= 11 is 0. The van der Waals surface area contributed by atoms with Crippen molar-refractivity contribution in [3.05, 3.63) is 35.6 Å². The number of benzene rings is 1. The normalized spacial score (nSPS) is 22.5. The van der Waals surface area contributed by atoms with Gasteiger partial charge in [-0.25, -0.2) is 9.18 Å². The average Bonchev–Trinajstić information content (AvgIpc) is 2.99. The van der Waals surface area contributed by atoms with Crippen LogP contribution in [0.1, 0.15) is 52.5 Å². The highest BCUT2D eigenvalue weighted by Crippen LogP contribution is 2.35.